The van der Waals surface area contributed by atoms with Gasteiger partial charge in [-0.1, -0.05) is 36.4 Å². The molecule has 1 heterocycles. The quantitative estimate of drug-likeness (QED) is 0.289. The highest BCUT2D eigenvalue weighted by atomic mass is 16.5. The molecule has 0 aliphatic carbocycles. The number of nitrogens with one attached hydrogen (secondary N) is 2. The van der Waals surface area contributed by atoms with Crippen LogP contribution in [0.15, 0.2) is 78.9 Å². The molecule has 202 valence electrons. The summed E-state index contributed by atoms with van der Waals surface area (Å²) in [7, 11) is 3.17. The highest BCUT2D eigenvalue weighted by molar-refractivity contribution is 5.99. The molecule has 0 aliphatic rings. The molecular formula is C30H33N5O4. The number of rotatable bonds is 9. The third-order valence-corrected chi connectivity index (χ3v) is 6.22. The SMILES string of the molecule is COc1ccc(-n2nc(C)c(-c3ccccc3)c2NC(=O)CN(C(=O)Nc2cccc(OC)c2)C(C)C)cc1. The molecule has 39 heavy (non-hydrogen) atoms. The first kappa shape index (κ1) is 27.3. The number of urea groups is 1. The molecule has 0 fully saturated rings. The van der Waals surface area contributed by atoms with Crippen LogP contribution in [0, 0.1) is 6.92 Å². The van der Waals surface area contributed by atoms with Crippen molar-refractivity contribution in [2.45, 2.75) is 26.8 Å². The molecule has 4 aromatic rings. The number of benzene rings is 3. The van der Waals surface area contributed by atoms with E-state index in [0.29, 0.717) is 23.0 Å². The van der Waals surface area contributed by atoms with Crippen LogP contribution in [0.25, 0.3) is 16.8 Å². The topological polar surface area (TPSA) is 97.7 Å². The Bertz CT molecular complexity index is 1430. The number of hydrogen-bond acceptors (Lipinski definition) is 5. The molecule has 0 saturated carbocycles. The molecule has 0 unspecified atom stereocenters. The summed E-state index contributed by atoms with van der Waals surface area (Å²) >= 11 is 0. The number of anilines is 2. The predicted molar refractivity (Wildman–Crippen MR) is 153 cm³/mol. The van der Waals surface area contributed by atoms with E-state index >= 15 is 0 Å². The molecule has 0 saturated heterocycles. The van der Waals surface area contributed by atoms with Crippen molar-refractivity contribution in [1.29, 1.82) is 0 Å². The van der Waals surface area contributed by atoms with Crippen LogP contribution >= 0.6 is 0 Å². The van der Waals surface area contributed by atoms with Crippen molar-refractivity contribution < 1.29 is 19.1 Å². The van der Waals surface area contributed by atoms with Crippen molar-refractivity contribution in [2.24, 2.45) is 0 Å². The molecule has 9 heteroatoms. The van der Waals surface area contributed by atoms with Gasteiger partial charge in [0.2, 0.25) is 5.91 Å². The summed E-state index contributed by atoms with van der Waals surface area (Å²) in [6.45, 7) is 5.47. The van der Waals surface area contributed by atoms with Gasteiger partial charge in [0, 0.05) is 23.4 Å². The van der Waals surface area contributed by atoms with Crippen LogP contribution in [0.3, 0.4) is 0 Å². The number of carbonyl (C=O) groups excluding carboxylic acids is 2. The molecule has 4 rings (SSSR count). The second-order valence-corrected chi connectivity index (χ2v) is 9.22. The lowest BCUT2D eigenvalue weighted by Crippen LogP contribution is -2.44. The molecule has 0 atom stereocenters. The van der Waals surface area contributed by atoms with Crippen molar-refractivity contribution in [1.82, 2.24) is 14.7 Å². The van der Waals surface area contributed by atoms with E-state index in [-0.39, 0.29) is 18.5 Å². The number of hydrogen-bond donors (Lipinski definition) is 2. The Morgan fingerprint density at radius 3 is 2.23 bits per heavy atom. The van der Waals surface area contributed by atoms with E-state index < -0.39 is 6.03 Å². The number of aryl methyl sites for hydroxylation is 1. The van der Waals surface area contributed by atoms with Crippen molar-refractivity contribution in [3.05, 3.63) is 84.6 Å². The first-order chi connectivity index (χ1) is 18.8. The van der Waals surface area contributed by atoms with Gasteiger partial charge in [0.05, 0.1) is 25.6 Å². The predicted octanol–water partition coefficient (Wildman–Crippen LogP) is 5.75. The zero-order valence-corrected chi connectivity index (χ0v) is 22.8. The first-order valence-corrected chi connectivity index (χ1v) is 12.6. The van der Waals surface area contributed by atoms with E-state index in [1.807, 2.05) is 75.4 Å². The van der Waals surface area contributed by atoms with E-state index in [2.05, 4.69) is 10.6 Å². The molecule has 1 aromatic heterocycles. The number of aromatic nitrogens is 2. The Kier molecular flexibility index (Phi) is 8.50. The van der Waals surface area contributed by atoms with Gasteiger partial charge >= 0.3 is 6.03 Å². The minimum Gasteiger partial charge on any atom is -0.497 e. The molecule has 2 N–H and O–H groups in total. The van der Waals surface area contributed by atoms with Gasteiger partial charge in [-0.05, 0) is 62.7 Å². The molecule has 3 aromatic carbocycles. The first-order valence-electron chi connectivity index (χ1n) is 12.6. The van der Waals surface area contributed by atoms with Crippen LogP contribution in [-0.4, -0.2) is 53.4 Å². The largest absolute Gasteiger partial charge is 0.497 e. The van der Waals surface area contributed by atoms with Crippen molar-refractivity contribution in [3.8, 4) is 28.3 Å². The average molecular weight is 528 g/mol. The molecule has 0 spiro atoms. The third-order valence-electron chi connectivity index (χ3n) is 6.22. The lowest BCUT2D eigenvalue weighted by molar-refractivity contribution is -0.117. The summed E-state index contributed by atoms with van der Waals surface area (Å²) in [5.41, 5.74) is 3.81. The maximum Gasteiger partial charge on any atom is 0.322 e. The van der Waals surface area contributed by atoms with Gasteiger partial charge in [-0.25, -0.2) is 9.48 Å². The monoisotopic (exact) mass is 527 g/mol. The average Bonchev–Trinajstić information content (AvgIpc) is 3.27. The van der Waals surface area contributed by atoms with Gasteiger partial charge in [-0.3, -0.25) is 4.79 Å². The highest BCUT2D eigenvalue weighted by Crippen LogP contribution is 2.33. The van der Waals surface area contributed by atoms with Gasteiger partial charge in [-0.15, -0.1) is 0 Å². The van der Waals surface area contributed by atoms with Crippen molar-refractivity contribution >= 4 is 23.4 Å². The van der Waals surface area contributed by atoms with Crippen LogP contribution in [0.5, 0.6) is 11.5 Å². The summed E-state index contributed by atoms with van der Waals surface area (Å²) in [4.78, 5) is 28.1. The molecule has 0 aliphatic heterocycles. The van der Waals surface area contributed by atoms with Crippen LogP contribution in [0.2, 0.25) is 0 Å². The van der Waals surface area contributed by atoms with Crippen LogP contribution < -0.4 is 20.1 Å². The zero-order chi connectivity index (χ0) is 27.9. The van der Waals surface area contributed by atoms with E-state index in [4.69, 9.17) is 14.6 Å². The Balaban J connectivity index is 1.62. The fourth-order valence-corrected chi connectivity index (χ4v) is 4.21. The minimum absolute atomic E-state index is 0.158. The second-order valence-electron chi connectivity index (χ2n) is 9.22. The molecule has 0 bridgehead atoms. The van der Waals surface area contributed by atoms with E-state index in [9.17, 15) is 9.59 Å². The van der Waals surface area contributed by atoms with Crippen LogP contribution in [-0.2, 0) is 4.79 Å². The number of ether oxygens (including phenoxy) is 2. The Morgan fingerprint density at radius 2 is 1.59 bits per heavy atom. The Labute approximate surface area is 228 Å². The maximum atomic E-state index is 13.4. The molecule has 0 radical (unpaired) electrons. The van der Waals surface area contributed by atoms with E-state index in [0.717, 1.165) is 22.5 Å². The van der Waals surface area contributed by atoms with Gasteiger partial charge in [0.25, 0.3) is 0 Å². The van der Waals surface area contributed by atoms with Gasteiger partial charge in [0.15, 0.2) is 0 Å². The molecule has 3 amide bonds. The van der Waals surface area contributed by atoms with Crippen LogP contribution in [0.4, 0.5) is 16.3 Å². The molecule has 9 nitrogen and oxygen atoms in total. The third kappa shape index (κ3) is 6.38. The Hall–Kier alpha value is -4.79. The summed E-state index contributed by atoms with van der Waals surface area (Å²) in [5, 5.41) is 10.6. The van der Waals surface area contributed by atoms with Crippen molar-refractivity contribution in [2.75, 3.05) is 31.4 Å². The normalized spacial score (nSPS) is 10.7. The lowest BCUT2D eigenvalue weighted by Gasteiger charge is -2.26. The number of nitrogens with zero attached hydrogens (tertiary/aromatic N) is 3. The van der Waals surface area contributed by atoms with Crippen molar-refractivity contribution in [3.63, 3.8) is 0 Å². The van der Waals surface area contributed by atoms with Gasteiger partial charge in [-0.2, -0.15) is 5.10 Å². The van der Waals surface area contributed by atoms with Gasteiger partial charge < -0.3 is 25.0 Å². The maximum absolute atomic E-state index is 13.4. The lowest BCUT2D eigenvalue weighted by atomic mass is 10.1. The van der Waals surface area contributed by atoms with E-state index in [1.54, 1.807) is 43.2 Å². The van der Waals surface area contributed by atoms with Gasteiger partial charge in [0.1, 0.15) is 23.9 Å². The summed E-state index contributed by atoms with van der Waals surface area (Å²) < 4.78 is 12.2. The fraction of sp³-hybridized carbons (Fsp3) is 0.233. The second kappa shape index (κ2) is 12.2. The smallest absolute Gasteiger partial charge is 0.322 e. The molecular weight excluding hydrogens is 494 g/mol. The fourth-order valence-electron chi connectivity index (χ4n) is 4.21. The number of methoxy groups -OCH3 is 2. The number of amides is 3. The van der Waals surface area contributed by atoms with E-state index in [1.165, 1.54) is 4.90 Å². The summed E-state index contributed by atoms with van der Waals surface area (Å²) in [6, 6.07) is 23.6. The zero-order valence-electron chi connectivity index (χ0n) is 22.8. The summed E-state index contributed by atoms with van der Waals surface area (Å²) in [6.07, 6.45) is 0. The minimum atomic E-state index is -0.392. The standard InChI is InChI=1S/C30H33N5O4/c1-20(2)34(30(37)31-23-12-9-13-26(18-23)39-5)19-27(36)32-29-28(22-10-7-6-8-11-22)21(3)33-35(29)24-14-16-25(38-4)17-15-24/h6-18,20H,19H2,1-5H3,(H,31,37)(H,32,36). The summed E-state index contributed by atoms with van der Waals surface area (Å²) in [5.74, 6) is 1.51. The highest BCUT2D eigenvalue weighted by Gasteiger charge is 2.24. The number of carbonyl (C=O) groups is 2. The Morgan fingerprint density at radius 1 is 0.897 bits per heavy atom. The van der Waals surface area contributed by atoms with Crippen LogP contribution in [0.1, 0.15) is 19.5 Å².